The summed E-state index contributed by atoms with van der Waals surface area (Å²) in [6, 6.07) is 4.23. The minimum atomic E-state index is -0.0858. The molecule has 0 bridgehead atoms. The van der Waals surface area contributed by atoms with Crippen LogP contribution in [-0.4, -0.2) is 6.54 Å². The van der Waals surface area contributed by atoms with Crippen molar-refractivity contribution in [3.05, 3.63) is 36.6 Å². The quantitative estimate of drug-likeness (QED) is 0.474. The number of benzene rings is 1. The Morgan fingerprint density at radius 3 is 3.14 bits per heavy atom. The van der Waals surface area contributed by atoms with Gasteiger partial charge in [-0.2, -0.15) is 0 Å². The fourth-order valence-corrected chi connectivity index (χ4v) is 5.22. The van der Waals surface area contributed by atoms with Gasteiger partial charge < -0.3 is 0 Å². The van der Waals surface area contributed by atoms with Gasteiger partial charge in [-0.25, -0.2) is 0 Å². The van der Waals surface area contributed by atoms with E-state index >= 15 is 0 Å². The first-order valence-corrected chi connectivity index (χ1v) is 7.23. The zero-order chi connectivity index (χ0) is 9.71. The summed E-state index contributed by atoms with van der Waals surface area (Å²) < 4.78 is 2.71. The fourth-order valence-electron chi connectivity index (χ4n) is 2.11. The molecule has 1 aromatic rings. The summed E-state index contributed by atoms with van der Waals surface area (Å²) in [6.45, 7) is 5.29. The van der Waals surface area contributed by atoms with E-state index < -0.39 is 0 Å². The maximum absolute atomic E-state index is 6.21. The van der Waals surface area contributed by atoms with Crippen molar-refractivity contribution in [2.24, 2.45) is 0 Å². The van der Waals surface area contributed by atoms with E-state index in [2.05, 4.69) is 23.6 Å². The summed E-state index contributed by atoms with van der Waals surface area (Å²) >= 11 is 6.13. The Morgan fingerprint density at radius 2 is 2.29 bits per heavy atom. The third-order valence-corrected chi connectivity index (χ3v) is 6.22. The summed E-state index contributed by atoms with van der Waals surface area (Å²) in [4.78, 5) is 2.38. The molecule has 0 saturated carbocycles. The van der Waals surface area contributed by atoms with Crippen LogP contribution >= 0.6 is 11.6 Å². The zero-order valence-electron chi connectivity index (χ0n) is 7.69. The van der Waals surface area contributed by atoms with Crippen molar-refractivity contribution in [2.45, 2.75) is 12.8 Å². The van der Waals surface area contributed by atoms with E-state index in [-0.39, 0.29) is 21.2 Å². The number of halogens is 2. The van der Waals surface area contributed by atoms with Crippen molar-refractivity contribution in [1.82, 2.24) is 0 Å². The molecule has 74 valence electrons. The molecule has 0 radical (unpaired) electrons. The Balaban J connectivity index is 2.28. The van der Waals surface area contributed by atoms with Crippen molar-refractivity contribution in [1.29, 1.82) is 0 Å². The zero-order valence-corrected chi connectivity index (χ0v) is 10.6. The molecule has 2 aliphatic rings. The number of aryl methyl sites for hydroxylation is 1. The number of nitrogens with zero attached hydrogens (tertiary/aromatic N) is 1. The van der Waals surface area contributed by atoms with Gasteiger partial charge in [0.15, 0.2) is 0 Å². The molecule has 3 heteroatoms. The van der Waals surface area contributed by atoms with Crippen molar-refractivity contribution >= 4 is 17.3 Å². The van der Waals surface area contributed by atoms with Crippen LogP contribution in [0.5, 0.6) is 0 Å². The fraction of sp³-hybridized carbons (Fsp3) is 0.273. The standard InChI is InChI=1S/C11H10ClIN/c1-7-13-10-9(12)5-4-8-3-2-6-14(7)11(8)10/h4-5H,1-3,6H2/q-1. The SMILES string of the molecule is C=C1[I-]c2c(Cl)ccc3c2N1CCC3. The van der Waals surface area contributed by atoms with Gasteiger partial charge in [0.05, 0.1) is 0 Å². The van der Waals surface area contributed by atoms with Crippen molar-refractivity contribution in [3.63, 3.8) is 0 Å². The second-order valence-corrected chi connectivity index (χ2v) is 6.87. The Bertz CT molecular complexity index is 428. The topological polar surface area (TPSA) is 3.24 Å². The first-order chi connectivity index (χ1) is 6.77. The Hall–Kier alpha value is -0.220. The van der Waals surface area contributed by atoms with E-state index in [1.165, 1.54) is 31.4 Å². The number of anilines is 1. The van der Waals surface area contributed by atoms with Gasteiger partial charge in [0.1, 0.15) is 0 Å². The molecule has 0 amide bonds. The van der Waals surface area contributed by atoms with Gasteiger partial charge in [-0.3, -0.25) is 0 Å². The van der Waals surface area contributed by atoms with Crippen LogP contribution < -0.4 is 26.1 Å². The van der Waals surface area contributed by atoms with Gasteiger partial charge in [0, 0.05) is 0 Å². The molecule has 0 atom stereocenters. The van der Waals surface area contributed by atoms with Crippen LogP contribution in [0.1, 0.15) is 12.0 Å². The number of hydrogen-bond acceptors (Lipinski definition) is 1. The van der Waals surface area contributed by atoms with E-state index in [4.69, 9.17) is 11.6 Å². The summed E-state index contributed by atoms with van der Waals surface area (Å²) in [6.07, 6.45) is 2.45. The molecule has 3 rings (SSSR count). The van der Waals surface area contributed by atoms with Crippen molar-refractivity contribution < 1.29 is 21.2 Å². The van der Waals surface area contributed by atoms with Crippen LogP contribution in [0.15, 0.2) is 22.4 Å². The van der Waals surface area contributed by atoms with E-state index in [1.54, 1.807) is 0 Å². The molecule has 0 saturated heterocycles. The molecule has 2 aliphatic heterocycles. The summed E-state index contributed by atoms with van der Waals surface area (Å²) in [5, 5.41) is 0.946. The monoisotopic (exact) mass is 318 g/mol. The van der Waals surface area contributed by atoms with Crippen LogP contribution in [-0.2, 0) is 6.42 Å². The van der Waals surface area contributed by atoms with Crippen LogP contribution in [0.3, 0.4) is 0 Å². The minimum absolute atomic E-state index is 0.0858. The van der Waals surface area contributed by atoms with Gasteiger partial charge in [-0.15, -0.1) is 0 Å². The predicted octanol–water partition coefficient (Wildman–Crippen LogP) is -0.164. The Labute approximate surface area is 99.0 Å². The van der Waals surface area contributed by atoms with Gasteiger partial charge >= 0.3 is 99.4 Å². The molecule has 0 unspecified atom stereocenters. The van der Waals surface area contributed by atoms with E-state index in [1.807, 2.05) is 0 Å². The average molecular weight is 319 g/mol. The molecule has 0 fully saturated rings. The Kier molecular flexibility index (Phi) is 2.02. The van der Waals surface area contributed by atoms with Crippen molar-refractivity contribution in [3.8, 4) is 0 Å². The molecule has 2 heterocycles. The summed E-state index contributed by atoms with van der Waals surface area (Å²) in [5.41, 5.74) is 2.87. The van der Waals surface area contributed by atoms with Crippen LogP contribution in [0.2, 0.25) is 5.02 Å². The Morgan fingerprint density at radius 1 is 1.43 bits per heavy atom. The maximum atomic E-state index is 6.21. The van der Waals surface area contributed by atoms with E-state index in [9.17, 15) is 0 Å². The molecule has 1 aromatic carbocycles. The van der Waals surface area contributed by atoms with Gasteiger partial charge in [0.2, 0.25) is 0 Å². The molecular weight excluding hydrogens is 308 g/mol. The van der Waals surface area contributed by atoms with Gasteiger partial charge in [0.25, 0.3) is 0 Å². The van der Waals surface area contributed by atoms with Crippen LogP contribution in [0.4, 0.5) is 5.69 Å². The summed E-state index contributed by atoms with van der Waals surface area (Å²) in [7, 11) is 0. The molecular formula is C11H10ClIN-. The second-order valence-electron chi connectivity index (χ2n) is 3.60. The molecule has 0 N–H and O–H groups in total. The van der Waals surface area contributed by atoms with Gasteiger partial charge in [-0.1, -0.05) is 0 Å². The van der Waals surface area contributed by atoms with Crippen LogP contribution in [0, 0.1) is 3.57 Å². The molecule has 14 heavy (non-hydrogen) atoms. The van der Waals surface area contributed by atoms with Gasteiger partial charge in [-0.05, 0) is 0 Å². The molecule has 0 spiro atoms. The van der Waals surface area contributed by atoms with Crippen molar-refractivity contribution in [2.75, 3.05) is 11.4 Å². The third kappa shape index (κ3) is 1.13. The molecule has 0 aliphatic carbocycles. The molecule has 0 aromatic heterocycles. The predicted molar refractivity (Wildman–Crippen MR) is 55.0 cm³/mol. The van der Waals surface area contributed by atoms with Crippen LogP contribution in [0.25, 0.3) is 0 Å². The second kappa shape index (κ2) is 3.14. The van der Waals surface area contributed by atoms with E-state index in [0.29, 0.717) is 0 Å². The summed E-state index contributed by atoms with van der Waals surface area (Å²) in [5.74, 6) is 0. The number of rotatable bonds is 0. The first kappa shape index (κ1) is 9.04. The first-order valence-electron chi connectivity index (χ1n) is 4.70. The average Bonchev–Trinajstić information content (AvgIpc) is 2.53. The third-order valence-electron chi connectivity index (χ3n) is 2.75. The molecule has 1 nitrogen and oxygen atoms in total. The number of hydrogen-bond donors (Lipinski definition) is 0. The normalized spacial score (nSPS) is 19.2. The van der Waals surface area contributed by atoms with E-state index in [0.717, 1.165) is 11.6 Å².